The lowest BCUT2D eigenvalue weighted by Crippen LogP contribution is -2.53. The number of nitrogens with zero attached hydrogens (tertiary/aromatic N) is 1. The quantitative estimate of drug-likeness (QED) is 0.832. The highest BCUT2D eigenvalue weighted by molar-refractivity contribution is 5.78. The number of alkyl halides is 3. The van der Waals surface area contributed by atoms with Crippen LogP contribution in [0.25, 0.3) is 0 Å². The van der Waals surface area contributed by atoms with Crippen molar-refractivity contribution < 1.29 is 22.7 Å². The normalized spacial score (nSPS) is 25.3. The number of nitrogens with one attached hydrogen (secondary N) is 1. The first-order valence-corrected chi connectivity index (χ1v) is 6.02. The van der Waals surface area contributed by atoms with Gasteiger partial charge in [-0.15, -0.1) is 0 Å². The summed E-state index contributed by atoms with van der Waals surface area (Å²) in [6.07, 6.45) is -3.63. The highest BCUT2D eigenvalue weighted by Gasteiger charge is 2.30. The van der Waals surface area contributed by atoms with Gasteiger partial charge in [0.05, 0.1) is 31.8 Å². The lowest BCUT2D eigenvalue weighted by atomic mass is 10.1. The Morgan fingerprint density at radius 1 is 1.50 bits per heavy atom. The van der Waals surface area contributed by atoms with Crippen LogP contribution in [-0.4, -0.2) is 55.4 Å². The summed E-state index contributed by atoms with van der Waals surface area (Å²) >= 11 is 0. The molecule has 1 fully saturated rings. The second-order valence-electron chi connectivity index (χ2n) is 4.47. The van der Waals surface area contributed by atoms with Gasteiger partial charge in [-0.2, -0.15) is 13.2 Å². The number of hydrogen-bond acceptors (Lipinski definition) is 3. The zero-order valence-corrected chi connectivity index (χ0v) is 10.6. The van der Waals surface area contributed by atoms with Crippen LogP contribution < -0.4 is 5.32 Å². The highest BCUT2D eigenvalue weighted by Crippen LogP contribution is 2.15. The molecule has 7 heteroatoms. The van der Waals surface area contributed by atoms with E-state index in [-0.39, 0.29) is 24.6 Å². The van der Waals surface area contributed by atoms with Gasteiger partial charge in [0.2, 0.25) is 5.91 Å². The summed E-state index contributed by atoms with van der Waals surface area (Å²) in [6, 6.07) is -0.0404. The third-order valence-corrected chi connectivity index (χ3v) is 2.86. The summed E-state index contributed by atoms with van der Waals surface area (Å²) in [6.45, 7) is 3.22. The van der Waals surface area contributed by atoms with Gasteiger partial charge in [-0.05, 0) is 13.3 Å². The Morgan fingerprint density at radius 2 is 2.17 bits per heavy atom. The zero-order valence-electron chi connectivity index (χ0n) is 10.6. The molecule has 18 heavy (non-hydrogen) atoms. The van der Waals surface area contributed by atoms with Crippen LogP contribution in [0.3, 0.4) is 0 Å². The largest absolute Gasteiger partial charge is 0.401 e. The van der Waals surface area contributed by atoms with E-state index in [4.69, 9.17) is 4.74 Å². The molecule has 1 rings (SSSR count). The molecule has 0 radical (unpaired) electrons. The zero-order chi connectivity index (χ0) is 13.8. The monoisotopic (exact) mass is 268 g/mol. The van der Waals surface area contributed by atoms with Gasteiger partial charge in [-0.25, -0.2) is 0 Å². The van der Waals surface area contributed by atoms with Crippen LogP contribution in [0.1, 0.15) is 20.3 Å². The van der Waals surface area contributed by atoms with E-state index < -0.39 is 12.7 Å². The predicted molar refractivity (Wildman–Crippen MR) is 60.1 cm³/mol. The fraction of sp³-hybridized carbons (Fsp3) is 0.909. The van der Waals surface area contributed by atoms with E-state index in [1.54, 1.807) is 4.90 Å². The third-order valence-electron chi connectivity index (χ3n) is 2.86. The van der Waals surface area contributed by atoms with Crippen molar-refractivity contribution >= 4 is 5.91 Å². The molecule has 1 aliphatic heterocycles. The molecule has 1 N–H and O–H groups in total. The van der Waals surface area contributed by atoms with Crippen molar-refractivity contribution in [3.05, 3.63) is 0 Å². The Bertz CT molecular complexity index is 284. The Morgan fingerprint density at radius 3 is 2.72 bits per heavy atom. The van der Waals surface area contributed by atoms with Crippen molar-refractivity contribution in [2.24, 2.45) is 0 Å². The minimum atomic E-state index is -4.29. The molecule has 0 spiro atoms. The van der Waals surface area contributed by atoms with Crippen LogP contribution in [-0.2, 0) is 9.53 Å². The van der Waals surface area contributed by atoms with Crippen molar-refractivity contribution in [2.45, 2.75) is 38.6 Å². The standard InChI is InChI=1S/C11H19F3N2O2/c1-3-9-6-18-8(2)5-16(9)10(17)4-15-7-11(12,13)14/h8-9,15H,3-7H2,1-2H3. The van der Waals surface area contributed by atoms with Crippen molar-refractivity contribution in [3.63, 3.8) is 0 Å². The topological polar surface area (TPSA) is 41.6 Å². The number of carbonyl (C=O) groups is 1. The molecule has 0 aromatic carbocycles. The average Bonchev–Trinajstić information content (AvgIpc) is 2.27. The predicted octanol–water partition coefficient (Wildman–Crippen LogP) is 1.16. The molecule has 2 unspecified atom stereocenters. The molecule has 0 saturated carbocycles. The second kappa shape index (κ2) is 6.38. The van der Waals surface area contributed by atoms with E-state index in [0.29, 0.717) is 13.2 Å². The van der Waals surface area contributed by atoms with E-state index >= 15 is 0 Å². The molecule has 0 bridgehead atoms. The minimum absolute atomic E-state index is 0.0404. The SMILES string of the molecule is CCC1COC(C)CN1C(=O)CNCC(F)(F)F. The molecule has 1 amide bonds. The van der Waals surface area contributed by atoms with Gasteiger partial charge in [0.15, 0.2) is 0 Å². The molecule has 4 nitrogen and oxygen atoms in total. The van der Waals surface area contributed by atoms with Gasteiger partial charge < -0.3 is 15.0 Å². The van der Waals surface area contributed by atoms with Gasteiger partial charge in [0.1, 0.15) is 0 Å². The molecule has 1 saturated heterocycles. The Kier molecular flexibility index (Phi) is 5.40. The van der Waals surface area contributed by atoms with Gasteiger partial charge in [0.25, 0.3) is 0 Å². The van der Waals surface area contributed by atoms with Crippen LogP contribution in [0, 0.1) is 0 Å². The molecule has 106 valence electrons. The maximum atomic E-state index is 11.9. The van der Waals surface area contributed by atoms with E-state index in [1.165, 1.54) is 0 Å². The number of carbonyl (C=O) groups excluding carboxylic acids is 1. The highest BCUT2D eigenvalue weighted by atomic mass is 19.4. The van der Waals surface area contributed by atoms with E-state index in [0.717, 1.165) is 6.42 Å². The summed E-state index contributed by atoms with van der Waals surface area (Å²) in [5.74, 6) is -0.304. The van der Waals surface area contributed by atoms with Crippen molar-refractivity contribution in [3.8, 4) is 0 Å². The Hall–Kier alpha value is -0.820. The lowest BCUT2D eigenvalue weighted by Gasteiger charge is -2.38. The fourth-order valence-corrected chi connectivity index (χ4v) is 1.90. The third kappa shape index (κ3) is 4.81. The number of rotatable bonds is 4. The summed E-state index contributed by atoms with van der Waals surface area (Å²) in [5.41, 5.74) is 0. The van der Waals surface area contributed by atoms with Gasteiger partial charge in [0, 0.05) is 6.54 Å². The lowest BCUT2D eigenvalue weighted by molar-refractivity contribution is -0.145. The first-order chi connectivity index (χ1) is 8.33. The molecule has 0 aromatic rings. The van der Waals surface area contributed by atoms with Crippen LogP contribution in [0.4, 0.5) is 13.2 Å². The molecule has 0 aliphatic carbocycles. The summed E-state index contributed by atoms with van der Waals surface area (Å²) in [7, 11) is 0. The summed E-state index contributed by atoms with van der Waals surface area (Å²) in [4.78, 5) is 13.4. The minimum Gasteiger partial charge on any atom is -0.375 e. The molecule has 0 aromatic heterocycles. The number of ether oxygens (including phenoxy) is 1. The molecular weight excluding hydrogens is 249 g/mol. The van der Waals surface area contributed by atoms with E-state index in [9.17, 15) is 18.0 Å². The van der Waals surface area contributed by atoms with Crippen molar-refractivity contribution in [2.75, 3.05) is 26.2 Å². The smallest absolute Gasteiger partial charge is 0.375 e. The molecule has 2 atom stereocenters. The number of amides is 1. The van der Waals surface area contributed by atoms with Crippen LogP contribution in [0.15, 0.2) is 0 Å². The first kappa shape index (κ1) is 15.2. The maximum absolute atomic E-state index is 11.9. The van der Waals surface area contributed by atoms with Crippen LogP contribution in [0.5, 0.6) is 0 Å². The number of halogens is 3. The van der Waals surface area contributed by atoms with Gasteiger partial charge >= 0.3 is 6.18 Å². The molecule has 1 aliphatic rings. The molecule has 1 heterocycles. The Labute approximate surface area is 104 Å². The molecular formula is C11H19F3N2O2. The van der Waals surface area contributed by atoms with Crippen LogP contribution >= 0.6 is 0 Å². The fourth-order valence-electron chi connectivity index (χ4n) is 1.90. The number of hydrogen-bond donors (Lipinski definition) is 1. The summed E-state index contributed by atoms with van der Waals surface area (Å²) < 4.78 is 41.3. The summed E-state index contributed by atoms with van der Waals surface area (Å²) in [5, 5.41) is 2.12. The van der Waals surface area contributed by atoms with Crippen LogP contribution in [0.2, 0.25) is 0 Å². The van der Waals surface area contributed by atoms with E-state index in [2.05, 4.69) is 5.32 Å². The van der Waals surface area contributed by atoms with E-state index in [1.807, 2.05) is 13.8 Å². The maximum Gasteiger partial charge on any atom is 0.401 e. The second-order valence-corrected chi connectivity index (χ2v) is 4.47. The van der Waals surface area contributed by atoms with Crippen molar-refractivity contribution in [1.29, 1.82) is 0 Å². The van der Waals surface area contributed by atoms with Crippen molar-refractivity contribution in [1.82, 2.24) is 10.2 Å². The van der Waals surface area contributed by atoms with Gasteiger partial charge in [-0.1, -0.05) is 6.92 Å². The average molecular weight is 268 g/mol. The van der Waals surface area contributed by atoms with Gasteiger partial charge in [-0.3, -0.25) is 4.79 Å². The number of morpholine rings is 1. The first-order valence-electron chi connectivity index (χ1n) is 6.02. The Balaban J connectivity index is 2.43.